The molecule has 106 valence electrons. The average molecular weight is 275 g/mol. The zero-order valence-corrected chi connectivity index (χ0v) is 11.5. The molecule has 0 radical (unpaired) electrons. The molecule has 0 atom stereocenters. The number of rotatable bonds is 6. The van der Waals surface area contributed by atoms with E-state index in [1.54, 1.807) is 12.1 Å². The fourth-order valence-corrected chi connectivity index (χ4v) is 1.76. The molecular weight excluding hydrogens is 258 g/mol. The van der Waals surface area contributed by atoms with Gasteiger partial charge < -0.3 is 19.2 Å². The molecule has 1 N–H and O–H groups in total. The number of hydrogen-bond acceptors (Lipinski definition) is 5. The standard InChI is InChI=1S/C15H17NO4/c1-3-19-13-7-5-4-6-12(13)16-10-11-8-9-14(20-11)15(17)18-2/h4-9,16H,3,10H2,1-2H3. The topological polar surface area (TPSA) is 60.7 Å². The van der Waals surface area contributed by atoms with E-state index in [2.05, 4.69) is 10.1 Å². The molecule has 0 saturated heterocycles. The molecule has 0 amide bonds. The van der Waals surface area contributed by atoms with Crippen LogP contribution in [0.25, 0.3) is 0 Å². The van der Waals surface area contributed by atoms with E-state index in [4.69, 9.17) is 9.15 Å². The van der Waals surface area contributed by atoms with Crippen LogP contribution in [0.2, 0.25) is 0 Å². The lowest BCUT2D eigenvalue weighted by Gasteiger charge is -2.11. The van der Waals surface area contributed by atoms with Crippen LogP contribution in [-0.2, 0) is 11.3 Å². The van der Waals surface area contributed by atoms with Crippen molar-refractivity contribution in [3.63, 3.8) is 0 Å². The number of para-hydroxylation sites is 2. The van der Waals surface area contributed by atoms with E-state index in [0.29, 0.717) is 18.9 Å². The van der Waals surface area contributed by atoms with Gasteiger partial charge in [-0.05, 0) is 31.2 Å². The van der Waals surface area contributed by atoms with Gasteiger partial charge in [-0.25, -0.2) is 4.79 Å². The number of carbonyl (C=O) groups is 1. The number of esters is 1. The largest absolute Gasteiger partial charge is 0.492 e. The molecule has 0 fully saturated rings. The molecular formula is C15H17NO4. The van der Waals surface area contributed by atoms with E-state index in [1.807, 2.05) is 31.2 Å². The normalized spacial score (nSPS) is 10.1. The predicted molar refractivity (Wildman–Crippen MR) is 75.0 cm³/mol. The van der Waals surface area contributed by atoms with Gasteiger partial charge in [-0.1, -0.05) is 12.1 Å². The van der Waals surface area contributed by atoms with Crippen molar-refractivity contribution < 1.29 is 18.7 Å². The summed E-state index contributed by atoms with van der Waals surface area (Å²) in [6, 6.07) is 11.0. The molecule has 2 aromatic rings. The van der Waals surface area contributed by atoms with Crippen LogP contribution in [0.4, 0.5) is 5.69 Å². The summed E-state index contributed by atoms with van der Waals surface area (Å²) in [4.78, 5) is 11.3. The minimum Gasteiger partial charge on any atom is -0.492 e. The van der Waals surface area contributed by atoms with Crippen molar-refractivity contribution in [2.75, 3.05) is 19.0 Å². The highest BCUT2D eigenvalue weighted by Crippen LogP contribution is 2.24. The molecule has 0 spiro atoms. The first-order chi connectivity index (χ1) is 9.74. The second-order valence-electron chi connectivity index (χ2n) is 4.04. The summed E-state index contributed by atoms with van der Waals surface area (Å²) in [5.74, 6) is 1.15. The lowest BCUT2D eigenvalue weighted by atomic mass is 10.3. The Hall–Kier alpha value is -2.43. The van der Waals surface area contributed by atoms with Gasteiger partial charge in [0.25, 0.3) is 0 Å². The van der Waals surface area contributed by atoms with Crippen LogP contribution in [0, 0.1) is 0 Å². The van der Waals surface area contributed by atoms with Gasteiger partial charge in [0.2, 0.25) is 5.76 Å². The van der Waals surface area contributed by atoms with Crippen molar-refractivity contribution >= 4 is 11.7 Å². The molecule has 2 rings (SSSR count). The van der Waals surface area contributed by atoms with E-state index in [1.165, 1.54) is 7.11 Å². The number of nitrogens with one attached hydrogen (secondary N) is 1. The van der Waals surface area contributed by atoms with Crippen molar-refractivity contribution in [1.82, 2.24) is 0 Å². The third-order valence-corrected chi connectivity index (χ3v) is 2.69. The molecule has 0 bridgehead atoms. The molecule has 1 aromatic carbocycles. The molecule has 5 nitrogen and oxygen atoms in total. The molecule has 0 aliphatic heterocycles. The van der Waals surface area contributed by atoms with Crippen LogP contribution in [-0.4, -0.2) is 19.7 Å². The number of benzene rings is 1. The fourth-order valence-electron chi connectivity index (χ4n) is 1.76. The molecule has 1 heterocycles. The van der Waals surface area contributed by atoms with Gasteiger partial charge in [-0.15, -0.1) is 0 Å². The van der Waals surface area contributed by atoms with E-state index < -0.39 is 5.97 Å². The SMILES string of the molecule is CCOc1ccccc1NCc1ccc(C(=O)OC)o1. The summed E-state index contributed by atoms with van der Waals surface area (Å²) in [6.45, 7) is 3.00. The summed E-state index contributed by atoms with van der Waals surface area (Å²) in [6.07, 6.45) is 0. The first-order valence-corrected chi connectivity index (χ1v) is 6.37. The Morgan fingerprint density at radius 2 is 2.05 bits per heavy atom. The van der Waals surface area contributed by atoms with Gasteiger partial charge in [0.05, 0.1) is 25.9 Å². The molecule has 0 aliphatic carbocycles. The zero-order chi connectivity index (χ0) is 14.4. The summed E-state index contributed by atoms with van der Waals surface area (Å²) in [5, 5.41) is 3.21. The second-order valence-corrected chi connectivity index (χ2v) is 4.04. The number of furan rings is 1. The smallest absolute Gasteiger partial charge is 0.373 e. The van der Waals surface area contributed by atoms with Crippen LogP contribution in [0.5, 0.6) is 5.75 Å². The van der Waals surface area contributed by atoms with Crippen molar-refractivity contribution in [2.24, 2.45) is 0 Å². The molecule has 1 aromatic heterocycles. The minimum atomic E-state index is -0.481. The van der Waals surface area contributed by atoms with E-state index in [-0.39, 0.29) is 5.76 Å². The van der Waals surface area contributed by atoms with Gasteiger partial charge in [0.15, 0.2) is 0 Å². The summed E-state index contributed by atoms with van der Waals surface area (Å²) in [7, 11) is 1.32. The maximum atomic E-state index is 11.3. The fraction of sp³-hybridized carbons (Fsp3) is 0.267. The molecule has 0 aliphatic rings. The van der Waals surface area contributed by atoms with Gasteiger partial charge in [0, 0.05) is 0 Å². The first-order valence-electron chi connectivity index (χ1n) is 6.37. The van der Waals surface area contributed by atoms with E-state index >= 15 is 0 Å². The lowest BCUT2D eigenvalue weighted by molar-refractivity contribution is 0.0563. The first kappa shape index (κ1) is 14.0. The van der Waals surface area contributed by atoms with Crippen LogP contribution >= 0.6 is 0 Å². The molecule has 20 heavy (non-hydrogen) atoms. The third kappa shape index (κ3) is 3.32. The maximum absolute atomic E-state index is 11.3. The van der Waals surface area contributed by atoms with Crippen LogP contribution < -0.4 is 10.1 Å². The molecule has 5 heteroatoms. The average Bonchev–Trinajstić information content (AvgIpc) is 2.95. The number of methoxy groups -OCH3 is 1. The summed E-state index contributed by atoms with van der Waals surface area (Å²) >= 11 is 0. The van der Waals surface area contributed by atoms with Gasteiger partial charge in [-0.2, -0.15) is 0 Å². The van der Waals surface area contributed by atoms with Gasteiger partial charge in [0.1, 0.15) is 11.5 Å². The summed E-state index contributed by atoms with van der Waals surface area (Å²) in [5.41, 5.74) is 0.880. The third-order valence-electron chi connectivity index (χ3n) is 2.69. The zero-order valence-electron chi connectivity index (χ0n) is 11.5. The lowest BCUT2D eigenvalue weighted by Crippen LogP contribution is -2.02. The second kappa shape index (κ2) is 6.65. The highest BCUT2D eigenvalue weighted by atomic mass is 16.5. The Bertz CT molecular complexity index is 577. The van der Waals surface area contributed by atoms with Crippen molar-refractivity contribution in [3.05, 3.63) is 47.9 Å². The minimum absolute atomic E-state index is 0.197. The van der Waals surface area contributed by atoms with Crippen LogP contribution in [0.3, 0.4) is 0 Å². The highest BCUT2D eigenvalue weighted by molar-refractivity contribution is 5.86. The maximum Gasteiger partial charge on any atom is 0.373 e. The number of ether oxygens (including phenoxy) is 2. The Labute approximate surface area is 117 Å². The number of carbonyl (C=O) groups excluding carboxylic acids is 1. The van der Waals surface area contributed by atoms with Gasteiger partial charge >= 0.3 is 5.97 Å². The monoisotopic (exact) mass is 275 g/mol. The van der Waals surface area contributed by atoms with Gasteiger partial charge in [-0.3, -0.25) is 0 Å². The van der Waals surface area contributed by atoms with Crippen molar-refractivity contribution in [2.45, 2.75) is 13.5 Å². The summed E-state index contributed by atoms with van der Waals surface area (Å²) < 4.78 is 15.5. The highest BCUT2D eigenvalue weighted by Gasteiger charge is 2.11. The quantitative estimate of drug-likeness (QED) is 0.821. The Morgan fingerprint density at radius 3 is 2.80 bits per heavy atom. The van der Waals surface area contributed by atoms with E-state index in [9.17, 15) is 4.79 Å². The van der Waals surface area contributed by atoms with E-state index in [0.717, 1.165) is 11.4 Å². The van der Waals surface area contributed by atoms with Crippen molar-refractivity contribution in [1.29, 1.82) is 0 Å². The number of anilines is 1. The molecule has 0 saturated carbocycles. The number of hydrogen-bond donors (Lipinski definition) is 1. The van der Waals surface area contributed by atoms with Crippen molar-refractivity contribution in [3.8, 4) is 5.75 Å². The predicted octanol–water partition coefficient (Wildman–Crippen LogP) is 3.08. The van der Waals surface area contributed by atoms with Crippen LogP contribution in [0.15, 0.2) is 40.8 Å². The molecule has 0 unspecified atom stereocenters. The Morgan fingerprint density at radius 1 is 1.25 bits per heavy atom. The Kier molecular flexibility index (Phi) is 4.65. The Balaban J connectivity index is 2.02. The van der Waals surface area contributed by atoms with Crippen LogP contribution in [0.1, 0.15) is 23.2 Å².